The van der Waals surface area contributed by atoms with E-state index in [9.17, 15) is 0 Å². The summed E-state index contributed by atoms with van der Waals surface area (Å²) in [5.74, 6) is 1.00. The van der Waals surface area contributed by atoms with Gasteiger partial charge in [-0.1, -0.05) is 6.92 Å². The molecule has 1 atom stereocenters. The molecule has 1 fully saturated rings. The monoisotopic (exact) mass is 298 g/mol. The van der Waals surface area contributed by atoms with E-state index in [1.807, 2.05) is 6.07 Å². The fourth-order valence-electron chi connectivity index (χ4n) is 2.34. The van der Waals surface area contributed by atoms with Crippen molar-refractivity contribution >= 4 is 27.4 Å². The molecule has 1 aromatic heterocycles. The van der Waals surface area contributed by atoms with Gasteiger partial charge in [0, 0.05) is 25.7 Å². The normalized spacial score (nSPS) is 21.8. The molecule has 0 saturated carbocycles. The van der Waals surface area contributed by atoms with Crippen LogP contribution < -0.4 is 10.6 Å². The molecule has 1 saturated heterocycles. The van der Waals surface area contributed by atoms with Crippen LogP contribution in [0.5, 0.6) is 0 Å². The first-order valence-electron chi connectivity index (χ1n) is 6.01. The maximum Gasteiger partial charge on any atom is 0.143 e. The van der Waals surface area contributed by atoms with Gasteiger partial charge in [0.05, 0.1) is 16.4 Å². The van der Waals surface area contributed by atoms with Gasteiger partial charge in [-0.3, -0.25) is 4.90 Å². The molecule has 1 aliphatic rings. The molecule has 5 heteroatoms. The van der Waals surface area contributed by atoms with Crippen LogP contribution in [-0.2, 0) is 0 Å². The topological polar surface area (TPSA) is 45.4 Å². The fourth-order valence-corrected chi connectivity index (χ4v) is 2.95. The van der Waals surface area contributed by atoms with E-state index in [4.69, 9.17) is 5.73 Å². The van der Waals surface area contributed by atoms with E-state index in [-0.39, 0.29) is 0 Å². The highest BCUT2D eigenvalue weighted by Crippen LogP contribution is 2.27. The lowest BCUT2D eigenvalue weighted by Gasteiger charge is -2.40. The number of pyridine rings is 1. The summed E-state index contributed by atoms with van der Waals surface area (Å²) in [6.45, 7) is 8.73. The Kier molecular flexibility index (Phi) is 3.89. The lowest BCUT2D eigenvalue weighted by molar-refractivity contribution is 0.199. The van der Waals surface area contributed by atoms with E-state index in [0.717, 1.165) is 36.5 Å². The Labute approximate surface area is 111 Å². The molecule has 1 aliphatic heterocycles. The molecule has 0 amide bonds. The van der Waals surface area contributed by atoms with Crippen molar-refractivity contribution in [1.82, 2.24) is 9.88 Å². The summed E-state index contributed by atoms with van der Waals surface area (Å²) in [5, 5.41) is 0. The van der Waals surface area contributed by atoms with Gasteiger partial charge in [-0.05, 0) is 35.5 Å². The zero-order valence-corrected chi connectivity index (χ0v) is 11.9. The number of aromatic nitrogens is 1. The quantitative estimate of drug-likeness (QED) is 0.907. The minimum atomic E-state index is 0.569. The highest BCUT2D eigenvalue weighted by atomic mass is 79.9. The number of nitrogen functional groups attached to an aromatic ring is 1. The fraction of sp³-hybridized carbons (Fsp3) is 0.583. The lowest BCUT2D eigenvalue weighted by atomic mass is 10.2. The third kappa shape index (κ3) is 2.72. The van der Waals surface area contributed by atoms with E-state index in [2.05, 4.69) is 44.6 Å². The average Bonchev–Trinajstić information content (AvgIpc) is 2.29. The Morgan fingerprint density at radius 3 is 2.88 bits per heavy atom. The first-order chi connectivity index (χ1) is 8.11. The van der Waals surface area contributed by atoms with Crippen LogP contribution >= 0.6 is 15.9 Å². The number of anilines is 2. The summed E-state index contributed by atoms with van der Waals surface area (Å²) in [7, 11) is 0. The number of piperazine rings is 1. The maximum atomic E-state index is 5.71. The van der Waals surface area contributed by atoms with Gasteiger partial charge >= 0.3 is 0 Å². The second kappa shape index (κ2) is 5.23. The van der Waals surface area contributed by atoms with Crippen molar-refractivity contribution in [3.05, 3.63) is 16.7 Å². The third-order valence-corrected chi connectivity index (χ3v) is 3.90. The number of nitrogens with zero attached hydrogens (tertiary/aromatic N) is 3. The third-order valence-electron chi connectivity index (χ3n) is 3.31. The number of likely N-dealkylation sites (N-methyl/N-ethyl adjacent to an activating group) is 1. The molecule has 94 valence electrons. The van der Waals surface area contributed by atoms with E-state index < -0.39 is 0 Å². The van der Waals surface area contributed by atoms with E-state index >= 15 is 0 Å². The smallest absolute Gasteiger partial charge is 0.143 e. The van der Waals surface area contributed by atoms with Crippen LogP contribution in [0.15, 0.2) is 16.7 Å². The summed E-state index contributed by atoms with van der Waals surface area (Å²) >= 11 is 3.54. The summed E-state index contributed by atoms with van der Waals surface area (Å²) in [6, 6.07) is 2.49. The van der Waals surface area contributed by atoms with Crippen LogP contribution in [0.4, 0.5) is 11.5 Å². The Bertz CT molecular complexity index is 396. The second-order valence-electron chi connectivity index (χ2n) is 4.50. The van der Waals surface area contributed by atoms with Crippen LogP contribution in [-0.4, -0.2) is 42.1 Å². The van der Waals surface area contributed by atoms with Gasteiger partial charge in [-0.25, -0.2) is 4.98 Å². The largest absolute Gasteiger partial charge is 0.397 e. The summed E-state index contributed by atoms with van der Waals surface area (Å²) in [5.41, 5.74) is 6.40. The number of hydrogen-bond acceptors (Lipinski definition) is 4. The number of nitrogens with two attached hydrogens (primary N) is 1. The highest BCUT2D eigenvalue weighted by Gasteiger charge is 2.24. The molecule has 17 heavy (non-hydrogen) atoms. The molecular weight excluding hydrogens is 280 g/mol. The van der Waals surface area contributed by atoms with E-state index in [1.165, 1.54) is 0 Å². The Morgan fingerprint density at radius 1 is 1.53 bits per heavy atom. The van der Waals surface area contributed by atoms with Crippen molar-refractivity contribution in [2.45, 2.75) is 19.9 Å². The van der Waals surface area contributed by atoms with Crippen LogP contribution in [0.1, 0.15) is 13.8 Å². The molecule has 1 unspecified atom stereocenters. The molecule has 2 rings (SSSR count). The van der Waals surface area contributed by atoms with Crippen molar-refractivity contribution in [2.75, 3.05) is 36.8 Å². The van der Waals surface area contributed by atoms with Gasteiger partial charge in [-0.2, -0.15) is 0 Å². The Morgan fingerprint density at radius 2 is 2.29 bits per heavy atom. The van der Waals surface area contributed by atoms with Gasteiger partial charge in [-0.15, -0.1) is 0 Å². The Balaban J connectivity index is 2.14. The van der Waals surface area contributed by atoms with Gasteiger partial charge in [0.15, 0.2) is 0 Å². The first kappa shape index (κ1) is 12.6. The van der Waals surface area contributed by atoms with E-state index in [0.29, 0.717) is 11.7 Å². The predicted molar refractivity (Wildman–Crippen MR) is 75.3 cm³/mol. The van der Waals surface area contributed by atoms with Crippen molar-refractivity contribution < 1.29 is 0 Å². The first-order valence-corrected chi connectivity index (χ1v) is 6.81. The zero-order valence-electron chi connectivity index (χ0n) is 10.4. The van der Waals surface area contributed by atoms with Crippen molar-refractivity contribution in [1.29, 1.82) is 0 Å². The molecule has 0 radical (unpaired) electrons. The Hall–Kier alpha value is -0.810. The molecule has 0 aliphatic carbocycles. The molecule has 2 N–H and O–H groups in total. The van der Waals surface area contributed by atoms with Gasteiger partial charge in [0.25, 0.3) is 0 Å². The van der Waals surface area contributed by atoms with Crippen molar-refractivity contribution in [3.8, 4) is 0 Å². The predicted octanol–water partition coefficient (Wildman–Crippen LogP) is 1.96. The highest BCUT2D eigenvalue weighted by molar-refractivity contribution is 9.10. The van der Waals surface area contributed by atoms with Gasteiger partial charge in [0.2, 0.25) is 0 Å². The molecule has 1 aromatic rings. The average molecular weight is 299 g/mol. The number of hydrogen-bond donors (Lipinski definition) is 1. The van der Waals surface area contributed by atoms with Crippen LogP contribution in [0, 0.1) is 0 Å². The van der Waals surface area contributed by atoms with Crippen LogP contribution in [0.2, 0.25) is 0 Å². The van der Waals surface area contributed by atoms with Crippen LogP contribution in [0.3, 0.4) is 0 Å². The molecule has 4 nitrogen and oxygen atoms in total. The minimum Gasteiger partial charge on any atom is -0.397 e. The summed E-state index contributed by atoms with van der Waals surface area (Å²) in [6.07, 6.45) is 1.72. The summed E-state index contributed by atoms with van der Waals surface area (Å²) in [4.78, 5) is 9.23. The standard InChI is InChI=1S/C12H19BrN4/c1-3-16-4-5-17(8-9(16)2)12-11(13)6-10(14)7-15-12/h6-7,9H,3-5,8,14H2,1-2H3. The minimum absolute atomic E-state index is 0.569. The van der Waals surface area contributed by atoms with Gasteiger partial charge in [0.1, 0.15) is 5.82 Å². The molecule has 0 bridgehead atoms. The number of rotatable bonds is 2. The lowest BCUT2D eigenvalue weighted by Crippen LogP contribution is -2.52. The molecule has 0 spiro atoms. The molecular formula is C12H19BrN4. The zero-order chi connectivity index (χ0) is 12.4. The number of halogens is 1. The van der Waals surface area contributed by atoms with E-state index in [1.54, 1.807) is 6.20 Å². The van der Waals surface area contributed by atoms with Crippen molar-refractivity contribution in [2.24, 2.45) is 0 Å². The SMILES string of the molecule is CCN1CCN(c2ncc(N)cc2Br)CC1C. The van der Waals surface area contributed by atoms with Crippen LogP contribution in [0.25, 0.3) is 0 Å². The van der Waals surface area contributed by atoms with Crippen molar-refractivity contribution in [3.63, 3.8) is 0 Å². The van der Waals surface area contributed by atoms with Gasteiger partial charge < -0.3 is 10.6 Å². The molecule has 2 heterocycles. The molecule has 0 aromatic carbocycles. The summed E-state index contributed by atoms with van der Waals surface area (Å²) < 4.78 is 0.981. The maximum absolute atomic E-state index is 5.71. The second-order valence-corrected chi connectivity index (χ2v) is 5.35.